The number of hydrogen-bond acceptors (Lipinski definition) is 2. The highest BCUT2D eigenvalue weighted by Crippen LogP contribution is 2.36. The molecule has 0 aliphatic heterocycles. The number of amides is 1. The van der Waals surface area contributed by atoms with Crippen molar-refractivity contribution in [3.63, 3.8) is 0 Å². The molecule has 0 aromatic heterocycles. The minimum Gasteiger partial charge on any atom is -0.385 e. The van der Waals surface area contributed by atoms with Crippen LogP contribution in [0.15, 0.2) is 18.2 Å². The van der Waals surface area contributed by atoms with Gasteiger partial charge in [-0.3, -0.25) is 4.79 Å². The van der Waals surface area contributed by atoms with Crippen LogP contribution in [-0.2, 0) is 0 Å². The van der Waals surface area contributed by atoms with Crippen molar-refractivity contribution in [2.75, 3.05) is 18.9 Å². The summed E-state index contributed by atoms with van der Waals surface area (Å²) >= 11 is 0. The van der Waals surface area contributed by atoms with Crippen LogP contribution in [0.2, 0.25) is 0 Å². The standard InChI is InChI=1S/C13H17FN2O/c1-8-6-9(8)7-16-13(17)10-4-3-5-11(14)12(10)15-2/h3-5,8-9,15H,6-7H2,1-2H3,(H,16,17). The zero-order valence-electron chi connectivity index (χ0n) is 10.1. The number of para-hydroxylation sites is 1. The van der Waals surface area contributed by atoms with Gasteiger partial charge in [-0.25, -0.2) is 4.39 Å². The van der Waals surface area contributed by atoms with Gasteiger partial charge >= 0.3 is 0 Å². The van der Waals surface area contributed by atoms with Gasteiger partial charge in [-0.05, 0) is 30.4 Å². The Morgan fingerprint density at radius 3 is 2.82 bits per heavy atom. The molecule has 1 amide bonds. The Balaban J connectivity index is 2.05. The van der Waals surface area contributed by atoms with Crippen molar-refractivity contribution in [3.05, 3.63) is 29.6 Å². The lowest BCUT2D eigenvalue weighted by molar-refractivity contribution is 0.0952. The topological polar surface area (TPSA) is 41.1 Å². The molecule has 0 bridgehead atoms. The SMILES string of the molecule is CNc1c(F)cccc1C(=O)NCC1CC1C. The summed E-state index contributed by atoms with van der Waals surface area (Å²) in [4.78, 5) is 11.9. The first-order valence-electron chi connectivity index (χ1n) is 5.88. The average molecular weight is 236 g/mol. The number of carbonyl (C=O) groups is 1. The minimum atomic E-state index is -0.403. The molecular weight excluding hydrogens is 219 g/mol. The molecule has 1 aliphatic carbocycles. The van der Waals surface area contributed by atoms with Crippen LogP contribution in [0, 0.1) is 17.7 Å². The molecule has 92 valence electrons. The Morgan fingerprint density at radius 2 is 2.24 bits per heavy atom. The van der Waals surface area contributed by atoms with E-state index in [2.05, 4.69) is 17.6 Å². The van der Waals surface area contributed by atoms with Gasteiger partial charge in [0, 0.05) is 13.6 Å². The predicted octanol–water partition coefficient (Wildman–Crippen LogP) is 2.25. The monoisotopic (exact) mass is 236 g/mol. The molecule has 1 fully saturated rings. The van der Waals surface area contributed by atoms with Gasteiger partial charge in [-0.15, -0.1) is 0 Å². The highest BCUT2D eigenvalue weighted by Gasteiger charge is 2.32. The Labute approximate surface area is 100 Å². The van der Waals surface area contributed by atoms with E-state index in [-0.39, 0.29) is 11.6 Å². The zero-order chi connectivity index (χ0) is 12.4. The third-order valence-electron chi connectivity index (χ3n) is 3.31. The molecule has 0 saturated heterocycles. The van der Waals surface area contributed by atoms with E-state index < -0.39 is 5.82 Å². The van der Waals surface area contributed by atoms with Gasteiger partial charge in [0.15, 0.2) is 0 Å². The summed E-state index contributed by atoms with van der Waals surface area (Å²) in [5.41, 5.74) is 0.620. The maximum atomic E-state index is 13.4. The van der Waals surface area contributed by atoms with E-state index >= 15 is 0 Å². The van der Waals surface area contributed by atoms with Gasteiger partial charge in [-0.2, -0.15) is 0 Å². The summed E-state index contributed by atoms with van der Waals surface area (Å²) in [7, 11) is 1.61. The van der Waals surface area contributed by atoms with Gasteiger partial charge in [0.05, 0.1) is 11.3 Å². The molecule has 17 heavy (non-hydrogen) atoms. The predicted molar refractivity (Wildman–Crippen MR) is 65.6 cm³/mol. The molecule has 2 N–H and O–H groups in total. The Hall–Kier alpha value is -1.58. The molecule has 0 heterocycles. The number of carbonyl (C=O) groups excluding carboxylic acids is 1. The highest BCUT2D eigenvalue weighted by atomic mass is 19.1. The Bertz CT molecular complexity index is 433. The maximum absolute atomic E-state index is 13.4. The Kier molecular flexibility index (Phi) is 3.31. The molecule has 1 aromatic rings. The molecule has 3 nitrogen and oxygen atoms in total. The summed E-state index contributed by atoms with van der Waals surface area (Å²) in [6.07, 6.45) is 1.17. The van der Waals surface area contributed by atoms with E-state index in [1.54, 1.807) is 19.2 Å². The summed E-state index contributed by atoms with van der Waals surface area (Å²) in [5.74, 6) is 0.671. The average Bonchev–Trinajstić information content (AvgIpc) is 3.02. The number of halogens is 1. The third kappa shape index (κ3) is 2.57. The fraction of sp³-hybridized carbons (Fsp3) is 0.462. The molecule has 2 unspecified atom stereocenters. The van der Waals surface area contributed by atoms with Gasteiger partial charge in [-0.1, -0.05) is 13.0 Å². The summed E-state index contributed by atoms with van der Waals surface area (Å²) in [5, 5.41) is 5.57. The van der Waals surface area contributed by atoms with Crippen LogP contribution in [0.25, 0.3) is 0 Å². The molecule has 1 aliphatic rings. The first kappa shape index (κ1) is 11.9. The summed E-state index contributed by atoms with van der Waals surface area (Å²) < 4.78 is 13.4. The molecule has 0 spiro atoms. The van der Waals surface area contributed by atoms with Crippen LogP contribution in [0.4, 0.5) is 10.1 Å². The van der Waals surface area contributed by atoms with Crippen LogP contribution >= 0.6 is 0 Å². The van der Waals surface area contributed by atoms with E-state index in [4.69, 9.17) is 0 Å². The number of benzene rings is 1. The Morgan fingerprint density at radius 1 is 1.53 bits per heavy atom. The fourth-order valence-corrected chi connectivity index (χ4v) is 1.97. The number of nitrogens with one attached hydrogen (secondary N) is 2. The zero-order valence-corrected chi connectivity index (χ0v) is 10.1. The van der Waals surface area contributed by atoms with Gasteiger partial charge in [0.25, 0.3) is 5.91 Å². The largest absolute Gasteiger partial charge is 0.385 e. The summed E-state index contributed by atoms with van der Waals surface area (Å²) in [6, 6.07) is 4.51. The fourth-order valence-electron chi connectivity index (χ4n) is 1.97. The van der Waals surface area contributed by atoms with E-state index in [0.717, 1.165) is 0 Å². The summed E-state index contributed by atoms with van der Waals surface area (Å²) in [6.45, 7) is 2.84. The first-order chi connectivity index (χ1) is 8.13. The highest BCUT2D eigenvalue weighted by molar-refractivity contribution is 5.99. The molecule has 2 atom stereocenters. The maximum Gasteiger partial charge on any atom is 0.253 e. The van der Waals surface area contributed by atoms with E-state index in [9.17, 15) is 9.18 Å². The van der Waals surface area contributed by atoms with E-state index in [1.807, 2.05) is 0 Å². The van der Waals surface area contributed by atoms with Crippen molar-refractivity contribution < 1.29 is 9.18 Å². The van der Waals surface area contributed by atoms with Crippen molar-refractivity contribution in [3.8, 4) is 0 Å². The molecular formula is C13H17FN2O. The minimum absolute atomic E-state index is 0.215. The second kappa shape index (κ2) is 4.73. The number of rotatable bonds is 4. The lowest BCUT2D eigenvalue weighted by Gasteiger charge is -2.10. The second-order valence-corrected chi connectivity index (χ2v) is 4.60. The van der Waals surface area contributed by atoms with Crippen molar-refractivity contribution in [1.29, 1.82) is 0 Å². The quantitative estimate of drug-likeness (QED) is 0.842. The smallest absolute Gasteiger partial charge is 0.253 e. The van der Waals surface area contributed by atoms with Gasteiger partial charge < -0.3 is 10.6 Å². The third-order valence-corrected chi connectivity index (χ3v) is 3.31. The van der Waals surface area contributed by atoms with Crippen molar-refractivity contribution >= 4 is 11.6 Å². The lowest BCUT2D eigenvalue weighted by Crippen LogP contribution is -2.26. The molecule has 1 aromatic carbocycles. The first-order valence-corrected chi connectivity index (χ1v) is 5.88. The number of anilines is 1. The normalized spacial score (nSPS) is 22.1. The lowest BCUT2D eigenvalue weighted by atomic mass is 10.1. The van der Waals surface area contributed by atoms with E-state index in [1.165, 1.54) is 12.5 Å². The van der Waals surface area contributed by atoms with Crippen molar-refractivity contribution in [1.82, 2.24) is 5.32 Å². The van der Waals surface area contributed by atoms with E-state index in [0.29, 0.717) is 23.9 Å². The molecule has 0 radical (unpaired) electrons. The van der Waals surface area contributed by atoms with Gasteiger partial charge in [0.1, 0.15) is 5.82 Å². The second-order valence-electron chi connectivity index (χ2n) is 4.60. The van der Waals surface area contributed by atoms with Crippen molar-refractivity contribution in [2.24, 2.45) is 11.8 Å². The van der Waals surface area contributed by atoms with Crippen molar-refractivity contribution in [2.45, 2.75) is 13.3 Å². The van der Waals surface area contributed by atoms with Crippen LogP contribution < -0.4 is 10.6 Å². The molecule has 4 heteroatoms. The van der Waals surface area contributed by atoms with Crippen LogP contribution in [0.3, 0.4) is 0 Å². The van der Waals surface area contributed by atoms with Crippen LogP contribution in [0.5, 0.6) is 0 Å². The van der Waals surface area contributed by atoms with Gasteiger partial charge in [0.2, 0.25) is 0 Å². The molecule has 2 rings (SSSR count). The number of hydrogen-bond donors (Lipinski definition) is 2. The van der Waals surface area contributed by atoms with Crippen LogP contribution in [0.1, 0.15) is 23.7 Å². The van der Waals surface area contributed by atoms with Crippen LogP contribution in [-0.4, -0.2) is 19.5 Å². The molecule has 1 saturated carbocycles.